The maximum absolute atomic E-state index is 11.7. The Morgan fingerprint density at radius 3 is 2.50 bits per heavy atom. The molecule has 2 N–H and O–H groups in total. The summed E-state index contributed by atoms with van der Waals surface area (Å²) in [7, 11) is 1.37. The van der Waals surface area contributed by atoms with Crippen molar-refractivity contribution < 1.29 is 14.7 Å². The number of urea groups is 1. The van der Waals surface area contributed by atoms with Gasteiger partial charge in [-0.15, -0.1) is 10.2 Å². The summed E-state index contributed by atoms with van der Waals surface area (Å²) >= 11 is 5.97. The molecule has 0 aromatic carbocycles. The molecule has 1 aromatic rings. The van der Waals surface area contributed by atoms with Crippen LogP contribution in [0.1, 0.15) is 26.3 Å². The number of carboxylic acid groups (broad SMARTS) is 1. The molecule has 0 radical (unpaired) electrons. The van der Waals surface area contributed by atoms with E-state index in [0.29, 0.717) is 0 Å². The van der Waals surface area contributed by atoms with E-state index in [2.05, 4.69) is 15.5 Å². The van der Waals surface area contributed by atoms with E-state index in [1.807, 2.05) is 20.8 Å². The molecule has 1 aromatic heterocycles. The molecule has 0 saturated carbocycles. The minimum Gasteiger partial charge on any atom is -0.480 e. The van der Waals surface area contributed by atoms with Gasteiger partial charge in [0.2, 0.25) is 0 Å². The molecule has 7 nitrogen and oxygen atoms in total. The zero-order valence-electron chi connectivity index (χ0n) is 11.8. The lowest BCUT2D eigenvalue weighted by Gasteiger charge is -2.21. The first-order valence-corrected chi connectivity index (χ1v) is 6.26. The van der Waals surface area contributed by atoms with Crippen molar-refractivity contribution in [3.8, 4) is 0 Å². The number of likely N-dealkylation sites (N-methyl/N-ethyl adjacent to an activating group) is 1. The molecule has 0 saturated heterocycles. The average molecular weight is 301 g/mol. The smallest absolute Gasteiger partial charge is 0.323 e. The van der Waals surface area contributed by atoms with Crippen LogP contribution in [-0.2, 0) is 10.2 Å². The number of carbonyl (C=O) groups is 2. The van der Waals surface area contributed by atoms with E-state index in [4.69, 9.17) is 16.7 Å². The van der Waals surface area contributed by atoms with E-state index in [-0.39, 0.29) is 16.4 Å². The van der Waals surface area contributed by atoms with Crippen molar-refractivity contribution in [3.63, 3.8) is 0 Å². The van der Waals surface area contributed by atoms with Crippen molar-refractivity contribution in [2.24, 2.45) is 0 Å². The maximum atomic E-state index is 11.7. The van der Waals surface area contributed by atoms with Crippen LogP contribution < -0.4 is 5.32 Å². The first kappa shape index (κ1) is 16.2. The van der Waals surface area contributed by atoms with E-state index in [1.54, 1.807) is 6.07 Å². The van der Waals surface area contributed by atoms with Gasteiger partial charge in [0.15, 0.2) is 11.0 Å². The third-order valence-corrected chi connectivity index (χ3v) is 2.79. The Kier molecular flexibility index (Phi) is 4.88. The molecule has 0 unspecified atom stereocenters. The Labute approximate surface area is 121 Å². The second kappa shape index (κ2) is 6.04. The SMILES string of the molecule is CN(CC(=O)O)C(=O)Nc1cc(C(C)(C)C)c(Cl)nn1. The number of aliphatic carboxylic acids is 1. The summed E-state index contributed by atoms with van der Waals surface area (Å²) in [6, 6.07) is 1.05. The minimum atomic E-state index is -1.10. The van der Waals surface area contributed by atoms with Gasteiger partial charge in [0.25, 0.3) is 0 Å². The largest absolute Gasteiger partial charge is 0.480 e. The van der Waals surface area contributed by atoms with Crippen molar-refractivity contribution in [2.45, 2.75) is 26.2 Å². The molecular weight excluding hydrogens is 284 g/mol. The highest BCUT2D eigenvalue weighted by molar-refractivity contribution is 6.30. The molecule has 0 aliphatic rings. The Morgan fingerprint density at radius 1 is 1.40 bits per heavy atom. The van der Waals surface area contributed by atoms with Gasteiger partial charge in [0.1, 0.15) is 6.54 Å². The molecule has 0 bridgehead atoms. The van der Waals surface area contributed by atoms with E-state index in [9.17, 15) is 9.59 Å². The number of amides is 2. The molecule has 0 atom stereocenters. The fraction of sp³-hybridized carbons (Fsp3) is 0.500. The number of nitrogens with one attached hydrogen (secondary N) is 1. The maximum Gasteiger partial charge on any atom is 0.323 e. The zero-order chi connectivity index (χ0) is 15.5. The van der Waals surface area contributed by atoms with Gasteiger partial charge < -0.3 is 10.0 Å². The number of hydrogen-bond acceptors (Lipinski definition) is 4. The molecule has 0 aliphatic heterocycles. The molecule has 110 valence electrons. The van der Waals surface area contributed by atoms with Crippen molar-refractivity contribution in [3.05, 3.63) is 16.8 Å². The third-order valence-electron chi connectivity index (χ3n) is 2.51. The normalized spacial score (nSPS) is 11.1. The molecular formula is C12H17ClN4O3. The van der Waals surface area contributed by atoms with E-state index in [0.717, 1.165) is 10.5 Å². The van der Waals surface area contributed by atoms with Crippen LogP contribution in [0.4, 0.5) is 10.6 Å². The van der Waals surface area contributed by atoms with Gasteiger partial charge in [-0.1, -0.05) is 32.4 Å². The van der Waals surface area contributed by atoms with Gasteiger partial charge in [-0.25, -0.2) is 4.79 Å². The number of carboxylic acids is 1. The Hall–Kier alpha value is -1.89. The summed E-state index contributed by atoms with van der Waals surface area (Å²) < 4.78 is 0. The second-order valence-electron chi connectivity index (χ2n) is 5.36. The van der Waals surface area contributed by atoms with Gasteiger partial charge in [-0.3, -0.25) is 10.1 Å². The van der Waals surface area contributed by atoms with Gasteiger partial charge in [-0.2, -0.15) is 0 Å². The minimum absolute atomic E-state index is 0.224. The summed E-state index contributed by atoms with van der Waals surface area (Å²) in [5.41, 5.74) is 0.491. The molecule has 0 aliphatic carbocycles. The predicted octanol–water partition coefficient (Wildman–Crippen LogP) is 1.98. The van der Waals surface area contributed by atoms with Crippen LogP contribution >= 0.6 is 11.6 Å². The van der Waals surface area contributed by atoms with Crippen LogP contribution in [0.3, 0.4) is 0 Å². The topological polar surface area (TPSA) is 95.4 Å². The lowest BCUT2D eigenvalue weighted by Crippen LogP contribution is -2.35. The molecule has 1 heterocycles. The molecule has 0 spiro atoms. The fourth-order valence-corrected chi connectivity index (χ4v) is 1.82. The lowest BCUT2D eigenvalue weighted by molar-refractivity contribution is -0.137. The van der Waals surface area contributed by atoms with Crippen LogP contribution in [0.5, 0.6) is 0 Å². The number of hydrogen-bond donors (Lipinski definition) is 2. The summed E-state index contributed by atoms with van der Waals surface area (Å²) in [6.45, 7) is 5.47. The quantitative estimate of drug-likeness (QED) is 0.890. The highest BCUT2D eigenvalue weighted by atomic mass is 35.5. The van der Waals surface area contributed by atoms with Crippen LogP contribution in [0.15, 0.2) is 6.07 Å². The number of carbonyl (C=O) groups excluding carboxylic acids is 1. The Balaban J connectivity index is 2.89. The van der Waals surface area contributed by atoms with Gasteiger partial charge in [-0.05, 0) is 11.5 Å². The molecule has 8 heteroatoms. The lowest BCUT2D eigenvalue weighted by atomic mass is 9.88. The van der Waals surface area contributed by atoms with Crippen molar-refractivity contribution >= 4 is 29.4 Å². The highest BCUT2D eigenvalue weighted by Crippen LogP contribution is 2.28. The van der Waals surface area contributed by atoms with E-state index in [1.165, 1.54) is 7.05 Å². The van der Waals surface area contributed by atoms with Crippen LogP contribution in [0, 0.1) is 0 Å². The van der Waals surface area contributed by atoms with Crippen molar-refractivity contribution in [1.29, 1.82) is 0 Å². The Bertz CT molecular complexity index is 528. The molecule has 1 rings (SSSR count). The molecule has 2 amide bonds. The number of nitrogens with zero attached hydrogens (tertiary/aromatic N) is 3. The summed E-state index contributed by atoms with van der Waals surface area (Å²) in [6.07, 6.45) is 0. The summed E-state index contributed by atoms with van der Waals surface area (Å²) in [5, 5.41) is 18.9. The summed E-state index contributed by atoms with van der Waals surface area (Å²) in [5.74, 6) is -0.873. The first-order chi connectivity index (χ1) is 9.11. The number of rotatable bonds is 3. The molecule has 20 heavy (non-hydrogen) atoms. The molecule has 0 fully saturated rings. The third kappa shape index (κ3) is 4.34. The van der Waals surface area contributed by atoms with Gasteiger partial charge in [0.05, 0.1) is 0 Å². The van der Waals surface area contributed by atoms with Crippen molar-refractivity contribution in [1.82, 2.24) is 15.1 Å². The number of anilines is 1. The number of aromatic nitrogens is 2. The van der Waals surface area contributed by atoms with Gasteiger partial charge >= 0.3 is 12.0 Å². The first-order valence-electron chi connectivity index (χ1n) is 5.89. The fourth-order valence-electron chi connectivity index (χ4n) is 1.44. The standard InChI is InChI=1S/C12H17ClN4O3/c1-12(2,3)7-5-8(15-16-10(7)13)14-11(20)17(4)6-9(18)19/h5H,6H2,1-4H3,(H,18,19)(H,14,15,20). The zero-order valence-corrected chi connectivity index (χ0v) is 12.5. The second-order valence-corrected chi connectivity index (χ2v) is 5.72. The predicted molar refractivity (Wildman–Crippen MR) is 75.0 cm³/mol. The van der Waals surface area contributed by atoms with Crippen LogP contribution in [0.2, 0.25) is 5.15 Å². The number of halogens is 1. The summed E-state index contributed by atoms with van der Waals surface area (Å²) in [4.78, 5) is 23.3. The van der Waals surface area contributed by atoms with E-state index < -0.39 is 18.5 Å². The van der Waals surface area contributed by atoms with Crippen molar-refractivity contribution in [2.75, 3.05) is 18.9 Å². The Morgan fingerprint density at radius 2 is 2.00 bits per heavy atom. The van der Waals surface area contributed by atoms with Crippen LogP contribution in [0.25, 0.3) is 0 Å². The highest BCUT2D eigenvalue weighted by Gasteiger charge is 2.20. The average Bonchev–Trinajstić information content (AvgIpc) is 2.29. The van der Waals surface area contributed by atoms with E-state index >= 15 is 0 Å². The van der Waals surface area contributed by atoms with Gasteiger partial charge in [0, 0.05) is 12.6 Å². The van der Waals surface area contributed by atoms with Crippen LogP contribution in [-0.4, -0.2) is 45.8 Å². The monoisotopic (exact) mass is 300 g/mol.